The van der Waals surface area contributed by atoms with Gasteiger partial charge in [-0.05, 0) is 28.3 Å². The van der Waals surface area contributed by atoms with Gasteiger partial charge >= 0.3 is 0 Å². The van der Waals surface area contributed by atoms with E-state index in [0.29, 0.717) is 0 Å². The van der Waals surface area contributed by atoms with Gasteiger partial charge in [-0.2, -0.15) is 0 Å². The number of allylic oxidation sites excluding steroid dienone is 3. The Hall–Kier alpha value is -4.52. The summed E-state index contributed by atoms with van der Waals surface area (Å²) in [7, 11) is 1.37. The number of nitro benzene ring substituents is 1. The first-order chi connectivity index (χ1) is 17.5. The van der Waals surface area contributed by atoms with Crippen LogP contribution in [0.4, 0.5) is 11.4 Å². The second kappa shape index (κ2) is 8.30. The molecule has 2 amide bonds. The lowest BCUT2D eigenvalue weighted by molar-refractivity contribution is -0.384. The van der Waals surface area contributed by atoms with Crippen molar-refractivity contribution in [1.29, 1.82) is 0 Å². The quantitative estimate of drug-likeness (QED) is 0.222. The number of rotatable bonds is 5. The summed E-state index contributed by atoms with van der Waals surface area (Å²) in [6.45, 7) is 0. The fourth-order valence-electron chi connectivity index (χ4n) is 6.01. The molecule has 7 heteroatoms. The Bertz CT molecular complexity index is 1390. The maximum absolute atomic E-state index is 13.8. The maximum Gasteiger partial charge on any atom is 0.273 e. The van der Waals surface area contributed by atoms with Crippen LogP contribution in [0, 0.1) is 33.8 Å². The Morgan fingerprint density at radius 2 is 1.36 bits per heavy atom. The van der Waals surface area contributed by atoms with Crippen molar-refractivity contribution < 1.29 is 19.2 Å². The highest BCUT2D eigenvalue weighted by molar-refractivity contribution is 6.24. The second-order valence-corrected chi connectivity index (χ2v) is 9.18. The molecule has 0 N–H and O–H groups in total. The van der Waals surface area contributed by atoms with Gasteiger partial charge in [0.1, 0.15) is 5.75 Å². The molecule has 7 nitrogen and oxygen atoms in total. The first-order valence-electron chi connectivity index (χ1n) is 11.7. The molecule has 2 bridgehead atoms. The van der Waals surface area contributed by atoms with Crippen LogP contribution < -0.4 is 9.64 Å². The minimum absolute atomic E-state index is 0.121. The van der Waals surface area contributed by atoms with Crippen LogP contribution in [0.15, 0.2) is 96.6 Å². The lowest BCUT2D eigenvalue weighted by atomic mass is 9.85. The predicted octanol–water partition coefficient (Wildman–Crippen LogP) is 5.03. The SMILES string of the molecule is COc1cc([N+](=O)[O-])ccc1N1C(=O)[C@@H]2[C@@H](C1=O)[C@H]1C=C[C@H]2C1=C(c1ccccc1)c1ccccc1. The van der Waals surface area contributed by atoms with Crippen molar-refractivity contribution in [3.8, 4) is 5.75 Å². The van der Waals surface area contributed by atoms with E-state index >= 15 is 0 Å². The highest BCUT2D eigenvalue weighted by atomic mass is 16.6. The van der Waals surface area contributed by atoms with Gasteiger partial charge < -0.3 is 4.74 Å². The standard InChI is InChI=1S/C29H22N2O5/c1-36-23-16-19(31(34)35)12-15-22(23)30-28(32)26-20-13-14-21(27(26)29(30)33)25(20)24(17-8-4-2-5-9-17)18-10-6-3-7-11-18/h2-16,20-21,26-27H,1H3/t20-,21-,26-,27-/m0/s1. The molecule has 3 aromatic rings. The van der Waals surface area contributed by atoms with Crippen molar-refractivity contribution in [1.82, 2.24) is 0 Å². The number of fused-ring (bicyclic) bond motifs is 5. The molecule has 3 aromatic carbocycles. The zero-order chi connectivity index (χ0) is 25.0. The number of benzene rings is 3. The number of imide groups is 1. The molecule has 3 aliphatic rings. The number of amides is 2. The predicted molar refractivity (Wildman–Crippen MR) is 134 cm³/mol. The molecular weight excluding hydrogens is 456 g/mol. The van der Waals surface area contributed by atoms with E-state index in [4.69, 9.17) is 4.74 Å². The van der Waals surface area contributed by atoms with Gasteiger partial charge in [0.2, 0.25) is 11.8 Å². The zero-order valence-corrected chi connectivity index (χ0v) is 19.4. The smallest absolute Gasteiger partial charge is 0.273 e. The van der Waals surface area contributed by atoms with E-state index in [2.05, 4.69) is 36.4 Å². The second-order valence-electron chi connectivity index (χ2n) is 9.18. The van der Waals surface area contributed by atoms with E-state index < -0.39 is 16.8 Å². The molecule has 0 unspecified atom stereocenters. The lowest BCUT2D eigenvalue weighted by Gasteiger charge is -2.22. The summed E-state index contributed by atoms with van der Waals surface area (Å²) in [5.74, 6) is -1.94. The number of nitrogens with zero attached hydrogens (tertiary/aromatic N) is 2. The van der Waals surface area contributed by atoms with Gasteiger partial charge in [-0.25, -0.2) is 4.90 Å². The van der Waals surface area contributed by atoms with Crippen LogP contribution in [0.1, 0.15) is 11.1 Å². The molecule has 178 valence electrons. The van der Waals surface area contributed by atoms with E-state index in [0.717, 1.165) is 27.2 Å². The third-order valence-corrected chi connectivity index (χ3v) is 7.44. The van der Waals surface area contributed by atoms with Gasteiger partial charge in [-0.1, -0.05) is 72.8 Å². The van der Waals surface area contributed by atoms with Crippen molar-refractivity contribution in [2.24, 2.45) is 23.7 Å². The number of hydrogen-bond acceptors (Lipinski definition) is 5. The monoisotopic (exact) mass is 478 g/mol. The molecule has 2 fully saturated rings. The number of nitro groups is 1. The molecule has 1 saturated heterocycles. The van der Waals surface area contributed by atoms with Crippen LogP contribution in [0.25, 0.3) is 5.57 Å². The molecule has 2 aliphatic carbocycles. The van der Waals surface area contributed by atoms with Crippen molar-refractivity contribution in [3.05, 3.63) is 118 Å². The zero-order valence-electron chi connectivity index (χ0n) is 19.4. The molecule has 0 spiro atoms. The molecule has 0 radical (unpaired) electrons. The van der Waals surface area contributed by atoms with E-state index in [1.54, 1.807) is 0 Å². The van der Waals surface area contributed by atoms with Gasteiger partial charge in [-0.3, -0.25) is 19.7 Å². The van der Waals surface area contributed by atoms with Gasteiger partial charge in [0.05, 0.1) is 35.6 Å². The van der Waals surface area contributed by atoms with Gasteiger partial charge in [0.25, 0.3) is 5.69 Å². The van der Waals surface area contributed by atoms with E-state index in [1.165, 1.54) is 25.3 Å². The summed E-state index contributed by atoms with van der Waals surface area (Å²) in [6, 6.07) is 24.1. The third-order valence-electron chi connectivity index (χ3n) is 7.44. The molecule has 1 aliphatic heterocycles. The highest BCUT2D eigenvalue weighted by Crippen LogP contribution is 2.59. The summed E-state index contributed by atoms with van der Waals surface area (Å²) in [5, 5.41) is 11.2. The molecule has 6 rings (SSSR count). The molecule has 4 atom stereocenters. The van der Waals surface area contributed by atoms with Crippen LogP contribution in [-0.4, -0.2) is 23.8 Å². The Balaban J connectivity index is 1.46. The molecule has 0 aromatic heterocycles. The Morgan fingerprint density at radius 1 is 0.833 bits per heavy atom. The topological polar surface area (TPSA) is 89.8 Å². The van der Waals surface area contributed by atoms with Crippen LogP contribution in [-0.2, 0) is 9.59 Å². The fraction of sp³-hybridized carbons (Fsp3) is 0.172. The number of ether oxygens (including phenoxy) is 1. The number of carbonyl (C=O) groups is 2. The maximum atomic E-state index is 13.8. The summed E-state index contributed by atoms with van der Waals surface area (Å²) in [4.78, 5) is 39.4. The Labute approximate surface area is 207 Å². The number of non-ortho nitro benzene ring substituents is 1. The number of methoxy groups -OCH3 is 1. The van der Waals surface area contributed by atoms with Gasteiger partial charge in [0, 0.05) is 17.9 Å². The average Bonchev–Trinajstić information content (AvgIpc) is 3.54. The minimum Gasteiger partial charge on any atom is -0.494 e. The summed E-state index contributed by atoms with van der Waals surface area (Å²) >= 11 is 0. The minimum atomic E-state index is -0.537. The molecule has 1 heterocycles. The molecular formula is C29H22N2O5. The van der Waals surface area contributed by atoms with Crippen molar-refractivity contribution >= 4 is 28.8 Å². The van der Waals surface area contributed by atoms with Crippen molar-refractivity contribution in [2.45, 2.75) is 0 Å². The highest BCUT2D eigenvalue weighted by Gasteiger charge is 2.62. The van der Waals surface area contributed by atoms with Crippen molar-refractivity contribution in [3.63, 3.8) is 0 Å². The average molecular weight is 479 g/mol. The van der Waals surface area contributed by atoms with E-state index in [-0.39, 0.29) is 40.8 Å². The number of hydrogen-bond donors (Lipinski definition) is 0. The third kappa shape index (κ3) is 3.12. The van der Waals surface area contributed by atoms with Crippen molar-refractivity contribution in [2.75, 3.05) is 12.0 Å². The fourth-order valence-corrected chi connectivity index (χ4v) is 6.01. The summed E-state index contributed by atoms with van der Waals surface area (Å²) in [6.07, 6.45) is 4.10. The largest absolute Gasteiger partial charge is 0.494 e. The first kappa shape index (κ1) is 22.0. The summed E-state index contributed by atoms with van der Waals surface area (Å²) < 4.78 is 5.34. The first-order valence-corrected chi connectivity index (χ1v) is 11.7. The molecule has 1 saturated carbocycles. The lowest BCUT2D eigenvalue weighted by Crippen LogP contribution is -2.33. The Morgan fingerprint density at radius 3 is 1.83 bits per heavy atom. The van der Waals surface area contributed by atoms with Crippen LogP contribution in [0.5, 0.6) is 5.75 Å². The normalized spacial score (nSPS) is 23.8. The van der Waals surface area contributed by atoms with Gasteiger partial charge in [-0.15, -0.1) is 0 Å². The van der Waals surface area contributed by atoms with Gasteiger partial charge in [0.15, 0.2) is 0 Å². The Kier molecular flexibility index (Phi) is 5.07. The van der Waals surface area contributed by atoms with E-state index in [9.17, 15) is 19.7 Å². The molecule has 36 heavy (non-hydrogen) atoms. The number of carbonyl (C=O) groups excluding carboxylic acids is 2. The van der Waals surface area contributed by atoms with Crippen LogP contribution in [0.2, 0.25) is 0 Å². The van der Waals surface area contributed by atoms with E-state index in [1.807, 2.05) is 36.4 Å². The number of anilines is 1. The van der Waals surface area contributed by atoms with Crippen LogP contribution >= 0.6 is 0 Å². The van der Waals surface area contributed by atoms with Crippen LogP contribution in [0.3, 0.4) is 0 Å². The summed E-state index contributed by atoms with van der Waals surface area (Å²) in [5.41, 5.74) is 4.32.